The van der Waals surface area contributed by atoms with Gasteiger partial charge in [0.1, 0.15) is 0 Å². The Morgan fingerprint density at radius 3 is 2.59 bits per heavy atom. The summed E-state index contributed by atoms with van der Waals surface area (Å²) in [6.07, 6.45) is 2.93. The van der Waals surface area contributed by atoms with Crippen molar-refractivity contribution >= 4 is 11.6 Å². The lowest BCUT2D eigenvalue weighted by Crippen LogP contribution is -2.28. The van der Waals surface area contributed by atoms with Gasteiger partial charge in [-0.2, -0.15) is 13.2 Å². The van der Waals surface area contributed by atoms with Crippen molar-refractivity contribution < 1.29 is 18.0 Å². The summed E-state index contributed by atoms with van der Waals surface area (Å²) >= 11 is 0. The van der Waals surface area contributed by atoms with Crippen molar-refractivity contribution in [1.82, 2.24) is 15.3 Å². The molecule has 0 aliphatic rings. The Bertz CT molecular complexity index is 684. The molecule has 1 aromatic carbocycles. The second-order valence-corrected chi connectivity index (χ2v) is 6.55. The summed E-state index contributed by atoms with van der Waals surface area (Å²) in [5.41, 5.74) is 0.742. The molecule has 2 rings (SSSR count). The van der Waals surface area contributed by atoms with Crippen molar-refractivity contribution in [3.8, 4) is 0 Å². The van der Waals surface area contributed by atoms with E-state index in [1.165, 1.54) is 12.1 Å². The van der Waals surface area contributed by atoms with Crippen molar-refractivity contribution in [2.75, 3.05) is 11.9 Å². The molecule has 0 aliphatic carbocycles. The zero-order chi connectivity index (χ0) is 19.7. The number of amides is 1. The van der Waals surface area contributed by atoms with E-state index in [2.05, 4.69) is 27.5 Å². The van der Waals surface area contributed by atoms with E-state index in [0.717, 1.165) is 50.1 Å². The highest BCUT2D eigenvalue weighted by Crippen LogP contribution is 2.29. The molecule has 2 aromatic rings. The predicted octanol–water partition coefficient (Wildman–Crippen LogP) is 4.15. The largest absolute Gasteiger partial charge is 0.416 e. The molecule has 0 saturated carbocycles. The maximum absolute atomic E-state index is 12.5. The molecule has 1 aromatic heterocycles. The number of carbonyl (C=O) groups excluding carboxylic acids is 1. The summed E-state index contributed by atoms with van der Waals surface area (Å²) < 4.78 is 37.5. The number of H-pyrrole nitrogens is 1. The van der Waals surface area contributed by atoms with Crippen LogP contribution in [0.4, 0.5) is 18.9 Å². The lowest BCUT2D eigenvalue weighted by atomic mass is 10.1. The Morgan fingerprint density at radius 1 is 1.22 bits per heavy atom. The van der Waals surface area contributed by atoms with Crippen LogP contribution in [0, 0.1) is 0 Å². The number of hydrogen-bond donors (Lipinski definition) is 3. The standard InChI is InChI=1S/C19H25F3N4O/c1-14(24-11-10-17-12-23-13-25-17)4-2-3-5-18(27)26-16-8-6-15(7-9-16)19(20,21)22/h6-9,12-14,24H,2-5,10-11H2,1H3,(H,23,25)(H,26,27)/t14-/m1/s1. The van der Waals surface area contributed by atoms with E-state index >= 15 is 0 Å². The topological polar surface area (TPSA) is 69.8 Å². The normalized spacial score (nSPS) is 12.7. The van der Waals surface area contributed by atoms with E-state index in [1.54, 1.807) is 6.33 Å². The third-order valence-electron chi connectivity index (χ3n) is 4.23. The summed E-state index contributed by atoms with van der Waals surface area (Å²) in [5, 5.41) is 6.05. The number of halogens is 3. The molecule has 0 bridgehead atoms. The van der Waals surface area contributed by atoms with E-state index in [9.17, 15) is 18.0 Å². The number of nitrogens with zero attached hydrogens (tertiary/aromatic N) is 1. The van der Waals surface area contributed by atoms with Gasteiger partial charge in [0.15, 0.2) is 0 Å². The average Bonchev–Trinajstić information content (AvgIpc) is 3.12. The molecule has 0 saturated heterocycles. The average molecular weight is 382 g/mol. The summed E-state index contributed by atoms with van der Waals surface area (Å²) in [7, 11) is 0. The molecule has 5 nitrogen and oxygen atoms in total. The second kappa shape index (κ2) is 10.1. The molecular weight excluding hydrogens is 357 g/mol. The first-order chi connectivity index (χ1) is 12.8. The minimum atomic E-state index is -4.37. The Labute approximate surface area is 156 Å². The van der Waals surface area contributed by atoms with Gasteiger partial charge in [-0.05, 0) is 44.0 Å². The molecule has 0 fully saturated rings. The molecule has 0 radical (unpaired) electrons. The molecule has 0 spiro atoms. The van der Waals surface area contributed by atoms with E-state index < -0.39 is 11.7 Å². The fourth-order valence-corrected chi connectivity index (χ4v) is 2.68. The van der Waals surface area contributed by atoms with Crippen LogP contribution in [-0.2, 0) is 17.4 Å². The number of anilines is 1. The number of benzene rings is 1. The maximum Gasteiger partial charge on any atom is 0.416 e. The number of nitrogens with one attached hydrogen (secondary N) is 3. The SMILES string of the molecule is C[C@H](CCCCC(=O)Nc1ccc(C(F)(F)F)cc1)NCCc1cnc[nH]1. The van der Waals surface area contributed by atoms with Crippen LogP contribution in [0.2, 0.25) is 0 Å². The molecule has 1 amide bonds. The van der Waals surface area contributed by atoms with Gasteiger partial charge in [0.2, 0.25) is 5.91 Å². The highest BCUT2D eigenvalue weighted by molar-refractivity contribution is 5.90. The molecule has 148 valence electrons. The van der Waals surface area contributed by atoms with Crippen molar-refractivity contribution in [3.05, 3.63) is 48.0 Å². The zero-order valence-electron chi connectivity index (χ0n) is 15.3. The Morgan fingerprint density at radius 2 is 1.96 bits per heavy atom. The van der Waals surface area contributed by atoms with Crippen LogP contribution in [-0.4, -0.2) is 28.5 Å². The molecule has 8 heteroatoms. The van der Waals surface area contributed by atoms with Crippen LogP contribution in [0.1, 0.15) is 43.9 Å². The summed E-state index contributed by atoms with van der Waals surface area (Å²) in [5.74, 6) is -0.186. The van der Waals surface area contributed by atoms with Crippen molar-refractivity contribution in [1.29, 1.82) is 0 Å². The number of aromatic amines is 1. The highest BCUT2D eigenvalue weighted by atomic mass is 19.4. The number of imidazole rings is 1. The maximum atomic E-state index is 12.5. The number of carbonyl (C=O) groups is 1. The van der Waals surface area contributed by atoms with Gasteiger partial charge in [0.25, 0.3) is 0 Å². The Hall–Kier alpha value is -2.35. The number of aromatic nitrogens is 2. The minimum Gasteiger partial charge on any atom is -0.348 e. The van der Waals surface area contributed by atoms with Crippen LogP contribution in [0.5, 0.6) is 0 Å². The third-order valence-corrected chi connectivity index (χ3v) is 4.23. The number of alkyl halides is 3. The van der Waals surface area contributed by atoms with Gasteiger partial charge >= 0.3 is 6.18 Å². The van der Waals surface area contributed by atoms with E-state index in [0.29, 0.717) is 18.2 Å². The Balaban J connectivity index is 1.57. The van der Waals surface area contributed by atoms with E-state index in [-0.39, 0.29) is 5.91 Å². The van der Waals surface area contributed by atoms with Gasteiger partial charge in [-0.3, -0.25) is 4.79 Å². The van der Waals surface area contributed by atoms with Gasteiger partial charge in [0, 0.05) is 43.0 Å². The fraction of sp³-hybridized carbons (Fsp3) is 0.474. The lowest BCUT2D eigenvalue weighted by molar-refractivity contribution is -0.137. The van der Waals surface area contributed by atoms with Gasteiger partial charge in [-0.15, -0.1) is 0 Å². The number of rotatable bonds is 10. The quantitative estimate of drug-likeness (QED) is 0.541. The molecule has 1 heterocycles. The van der Waals surface area contributed by atoms with Gasteiger partial charge in [0.05, 0.1) is 11.9 Å². The highest BCUT2D eigenvalue weighted by Gasteiger charge is 2.29. The Kier molecular flexibility index (Phi) is 7.84. The van der Waals surface area contributed by atoms with Crippen molar-refractivity contribution in [3.63, 3.8) is 0 Å². The minimum absolute atomic E-state index is 0.186. The molecular formula is C19H25F3N4O. The molecule has 27 heavy (non-hydrogen) atoms. The molecule has 1 atom stereocenters. The first-order valence-corrected chi connectivity index (χ1v) is 9.02. The fourth-order valence-electron chi connectivity index (χ4n) is 2.68. The summed E-state index contributed by atoms with van der Waals surface area (Å²) in [6.45, 7) is 2.97. The second-order valence-electron chi connectivity index (χ2n) is 6.55. The third kappa shape index (κ3) is 7.82. The first kappa shape index (κ1) is 21.0. The van der Waals surface area contributed by atoms with Gasteiger partial charge < -0.3 is 15.6 Å². The predicted molar refractivity (Wildman–Crippen MR) is 98.3 cm³/mol. The molecule has 0 unspecified atom stereocenters. The zero-order valence-corrected chi connectivity index (χ0v) is 15.3. The number of unbranched alkanes of at least 4 members (excludes halogenated alkanes) is 1. The molecule has 0 aliphatic heterocycles. The van der Waals surface area contributed by atoms with Crippen LogP contribution in [0.15, 0.2) is 36.8 Å². The van der Waals surface area contributed by atoms with Crippen molar-refractivity contribution in [2.45, 2.75) is 51.2 Å². The van der Waals surface area contributed by atoms with Crippen LogP contribution in [0.3, 0.4) is 0 Å². The van der Waals surface area contributed by atoms with Gasteiger partial charge in [-0.25, -0.2) is 4.98 Å². The summed E-state index contributed by atoms with van der Waals surface area (Å²) in [6, 6.07) is 4.82. The lowest BCUT2D eigenvalue weighted by Gasteiger charge is -2.13. The van der Waals surface area contributed by atoms with Crippen molar-refractivity contribution in [2.24, 2.45) is 0 Å². The van der Waals surface area contributed by atoms with Crippen LogP contribution >= 0.6 is 0 Å². The van der Waals surface area contributed by atoms with Crippen LogP contribution < -0.4 is 10.6 Å². The smallest absolute Gasteiger partial charge is 0.348 e. The van der Waals surface area contributed by atoms with E-state index in [4.69, 9.17) is 0 Å². The van der Waals surface area contributed by atoms with Gasteiger partial charge in [-0.1, -0.05) is 6.42 Å². The monoisotopic (exact) mass is 382 g/mol. The summed E-state index contributed by atoms with van der Waals surface area (Å²) in [4.78, 5) is 18.9. The van der Waals surface area contributed by atoms with Crippen LogP contribution in [0.25, 0.3) is 0 Å². The number of hydrogen-bond acceptors (Lipinski definition) is 3. The molecule has 3 N–H and O–H groups in total. The first-order valence-electron chi connectivity index (χ1n) is 9.02. The van der Waals surface area contributed by atoms with E-state index in [1.807, 2.05) is 6.20 Å².